The summed E-state index contributed by atoms with van der Waals surface area (Å²) in [4.78, 5) is 12.1. The quantitative estimate of drug-likeness (QED) is 0.797. The van der Waals surface area contributed by atoms with E-state index in [1.165, 1.54) is 26.4 Å². The first-order valence-electron chi connectivity index (χ1n) is 7.02. The number of para-hydroxylation sites is 1. The lowest BCUT2D eigenvalue weighted by Crippen LogP contribution is -2.28. The van der Waals surface area contributed by atoms with E-state index >= 15 is 0 Å². The molecule has 0 aliphatic heterocycles. The van der Waals surface area contributed by atoms with Crippen LogP contribution in [0.1, 0.15) is 10.4 Å². The summed E-state index contributed by atoms with van der Waals surface area (Å²) in [5, 5.41) is 2.69. The van der Waals surface area contributed by atoms with Crippen LogP contribution in [0.3, 0.4) is 0 Å². The Kier molecular flexibility index (Phi) is 5.80. The minimum atomic E-state index is -0.434. The SMILES string of the molecule is COc1cc(OC)cc(C(=O)NCCOc2ccccc2F)c1. The van der Waals surface area contributed by atoms with Crippen molar-refractivity contribution in [1.29, 1.82) is 0 Å². The largest absolute Gasteiger partial charge is 0.497 e. The molecular weight excluding hydrogens is 301 g/mol. The Hall–Kier alpha value is -2.76. The molecule has 0 aliphatic carbocycles. The first kappa shape index (κ1) is 16.6. The Balaban J connectivity index is 1.89. The molecule has 2 aromatic rings. The summed E-state index contributed by atoms with van der Waals surface area (Å²) in [5.41, 5.74) is 0.409. The van der Waals surface area contributed by atoms with Crippen molar-refractivity contribution in [3.05, 3.63) is 53.8 Å². The van der Waals surface area contributed by atoms with Gasteiger partial charge in [-0.3, -0.25) is 4.79 Å². The average molecular weight is 319 g/mol. The van der Waals surface area contributed by atoms with E-state index in [0.717, 1.165) is 0 Å². The second-order valence-electron chi connectivity index (χ2n) is 4.64. The van der Waals surface area contributed by atoms with Crippen molar-refractivity contribution >= 4 is 5.91 Å². The molecule has 5 nitrogen and oxygen atoms in total. The van der Waals surface area contributed by atoms with Crippen molar-refractivity contribution in [3.63, 3.8) is 0 Å². The predicted molar refractivity (Wildman–Crippen MR) is 83.8 cm³/mol. The highest BCUT2D eigenvalue weighted by molar-refractivity contribution is 5.95. The van der Waals surface area contributed by atoms with Crippen LogP contribution >= 0.6 is 0 Å². The van der Waals surface area contributed by atoms with Gasteiger partial charge < -0.3 is 19.5 Å². The molecule has 2 rings (SSSR count). The summed E-state index contributed by atoms with van der Waals surface area (Å²) in [6, 6.07) is 11.0. The third kappa shape index (κ3) is 4.60. The van der Waals surface area contributed by atoms with Gasteiger partial charge in [0, 0.05) is 11.6 Å². The third-order valence-corrected chi connectivity index (χ3v) is 3.10. The molecule has 0 radical (unpaired) electrons. The Labute approximate surface area is 134 Å². The van der Waals surface area contributed by atoms with Crippen LogP contribution in [0.15, 0.2) is 42.5 Å². The van der Waals surface area contributed by atoms with Crippen molar-refractivity contribution in [2.75, 3.05) is 27.4 Å². The fourth-order valence-electron chi connectivity index (χ4n) is 1.93. The number of ether oxygens (including phenoxy) is 3. The van der Waals surface area contributed by atoms with Crippen LogP contribution in [0.4, 0.5) is 4.39 Å². The molecule has 0 bridgehead atoms. The Bertz CT molecular complexity index is 653. The van der Waals surface area contributed by atoms with E-state index in [1.807, 2.05) is 0 Å². The number of hydrogen-bond acceptors (Lipinski definition) is 4. The van der Waals surface area contributed by atoms with Crippen molar-refractivity contribution in [2.24, 2.45) is 0 Å². The number of carbonyl (C=O) groups is 1. The Morgan fingerprint density at radius 2 is 1.74 bits per heavy atom. The van der Waals surface area contributed by atoms with Gasteiger partial charge in [0.15, 0.2) is 11.6 Å². The van der Waals surface area contributed by atoms with Gasteiger partial charge >= 0.3 is 0 Å². The number of halogens is 1. The monoisotopic (exact) mass is 319 g/mol. The van der Waals surface area contributed by atoms with E-state index in [2.05, 4.69) is 5.32 Å². The van der Waals surface area contributed by atoms with E-state index in [0.29, 0.717) is 17.1 Å². The lowest BCUT2D eigenvalue weighted by molar-refractivity contribution is 0.0946. The molecule has 0 unspecified atom stereocenters. The van der Waals surface area contributed by atoms with Gasteiger partial charge in [-0.15, -0.1) is 0 Å². The van der Waals surface area contributed by atoms with Gasteiger partial charge in [0.2, 0.25) is 0 Å². The molecule has 0 aromatic heterocycles. The van der Waals surface area contributed by atoms with E-state index in [1.54, 1.807) is 30.3 Å². The van der Waals surface area contributed by atoms with E-state index in [9.17, 15) is 9.18 Å². The second-order valence-corrected chi connectivity index (χ2v) is 4.64. The lowest BCUT2D eigenvalue weighted by Gasteiger charge is -2.10. The van der Waals surface area contributed by atoms with Gasteiger partial charge in [-0.2, -0.15) is 0 Å². The summed E-state index contributed by atoms with van der Waals surface area (Å²) >= 11 is 0. The molecule has 23 heavy (non-hydrogen) atoms. The number of methoxy groups -OCH3 is 2. The van der Waals surface area contributed by atoms with Gasteiger partial charge in [0.1, 0.15) is 18.1 Å². The molecule has 0 saturated carbocycles. The number of amides is 1. The highest BCUT2D eigenvalue weighted by Crippen LogP contribution is 2.22. The summed E-state index contributed by atoms with van der Waals surface area (Å²) in [6.07, 6.45) is 0. The van der Waals surface area contributed by atoms with Gasteiger partial charge in [0.25, 0.3) is 5.91 Å². The van der Waals surface area contributed by atoms with Gasteiger partial charge in [0.05, 0.1) is 20.8 Å². The molecule has 0 aliphatic rings. The normalized spacial score (nSPS) is 10.0. The number of benzene rings is 2. The van der Waals surface area contributed by atoms with Crippen LogP contribution in [-0.4, -0.2) is 33.3 Å². The minimum Gasteiger partial charge on any atom is -0.497 e. The highest BCUT2D eigenvalue weighted by atomic mass is 19.1. The molecule has 0 saturated heterocycles. The second kappa shape index (κ2) is 8.03. The number of carbonyl (C=O) groups excluding carboxylic acids is 1. The van der Waals surface area contributed by atoms with Crippen LogP contribution in [0.2, 0.25) is 0 Å². The number of rotatable bonds is 7. The average Bonchev–Trinajstić information content (AvgIpc) is 2.59. The molecule has 0 spiro atoms. The molecule has 0 atom stereocenters. The maximum absolute atomic E-state index is 13.4. The smallest absolute Gasteiger partial charge is 0.251 e. The topological polar surface area (TPSA) is 56.8 Å². The molecule has 2 aromatic carbocycles. The van der Waals surface area contributed by atoms with Crippen LogP contribution in [0, 0.1) is 5.82 Å². The zero-order valence-corrected chi connectivity index (χ0v) is 13.0. The first-order chi connectivity index (χ1) is 11.1. The maximum Gasteiger partial charge on any atom is 0.251 e. The van der Waals surface area contributed by atoms with Gasteiger partial charge in [-0.25, -0.2) is 4.39 Å². The zero-order valence-electron chi connectivity index (χ0n) is 13.0. The van der Waals surface area contributed by atoms with Crippen molar-refractivity contribution in [3.8, 4) is 17.2 Å². The first-order valence-corrected chi connectivity index (χ1v) is 7.02. The predicted octanol–water partition coefficient (Wildman–Crippen LogP) is 2.65. The highest BCUT2D eigenvalue weighted by Gasteiger charge is 2.09. The van der Waals surface area contributed by atoms with Crippen LogP contribution in [0.5, 0.6) is 17.2 Å². The van der Waals surface area contributed by atoms with Crippen molar-refractivity contribution in [1.82, 2.24) is 5.32 Å². The molecule has 1 N–H and O–H groups in total. The number of nitrogens with one attached hydrogen (secondary N) is 1. The molecule has 6 heteroatoms. The summed E-state index contributed by atoms with van der Waals surface area (Å²) in [6.45, 7) is 0.403. The molecule has 0 heterocycles. The lowest BCUT2D eigenvalue weighted by atomic mass is 10.2. The summed E-state index contributed by atoms with van der Waals surface area (Å²) in [5.74, 6) is 0.481. The van der Waals surface area contributed by atoms with E-state index in [4.69, 9.17) is 14.2 Å². The summed E-state index contributed by atoms with van der Waals surface area (Å²) in [7, 11) is 3.03. The van der Waals surface area contributed by atoms with Crippen molar-refractivity contribution in [2.45, 2.75) is 0 Å². The number of hydrogen-bond donors (Lipinski definition) is 1. The molecular formula is C17H18FNO4. The Morgan fingerprint density at radius 3 is 2.35 bits per heavy atom. The van der Waals surface area contributed by atoms with Gasteiger partial charge in [-0.1, -0.05) is 12.1 Å². The summed E-state index contributed by atoms with van der Waals surface area (Å²) < 4.78 is 28.9. The van der Waals surface area contributed by atoms with Gasteiger partial charge in [-0.05, 0) is 24.3 Å². The van der Waals surface area contributed by atoms with E-state index in [-0.39, 0.29) is 24.8 Å². The molecule has 122 valence electrons. The maximum atomic E-state index is 13.4. The molecule has 1 amide bonds. The molecule has 0 fully saturated rings. The fourth-order valence-corrected chi connectivity index (χ4v) is 1.93. The standard InChI is InChI=1S/C17H18FNO4/c1-21-13-9-12(10-14(11-13)22-2)17(20)19-7-8-23-16-6-4-3-5-15(16)18/h3-6,9-11H,7-8H2,1-2H3,(H,19,20). The van der Waals surface area contributed by atoms with Crippen LogP contribution < -0.4 is 19.5 Å². The van der Waals surface area contributed by atoms with Crippen LogP contribution in [-0.2, 0) is 0 Å². The van der Waals surface area contributed by atoms with Crippen molar-refractivity contribution < 1.29 is 23.4 Å². The van der Waals surface area contributed by atoms with E-state index < -0.39 is 5.82 Å². The fraction of sp³-hybridized carbons (Fsp3) is 0.235. The minimum absolute atomic E-state index is 0.157. The Morgan fingerprint density at radius 1 is 1.09 bits per heavy atom. The third-order valence-electron chi connectivity index (χ3n) is 3.10. The van der Waals surface area contributed by atoms with Crippen LogP contribution in [0.25, 0.3) is 0 Å². The zero-order chi connectivity index (χ0) is 16.7.